The van der Waals surface area contributed by atoms with Crippen molar-refractivity contribution < 1.29 is 27.5 Å². The van der Waals surface area contributed by atoms with Gasteiger partial charge in [0.15, 0.2) is 6.61 Å². The highest BCUT2D eigenvalue weighted by atomic mass is 19.4. The van der Waals surface area contributed by atoms with Gasteiger partial charge in [0.05, 0.1) is 6.04 Å². The molecule has 0 aromatic heterocycles. The lowest BCUT2D eigenvalue weighted by Gasteiger charge is -2.20. The van der Waals surface area contributed by atoms with Crippen molar-refractivity contribution in [1.29, 1.82) is 0 Å². The highest BCUT2D eigenvalue weighted by molar-refractivity contribution is 5.94. The Balaban J connectivity index is 1.97. The van der Waals surface area contributed by atoms with Crippen LogP contribution in [-0.4, -0.2) is 37.4 Å². The van der Waals surface area contributed by atoms with E-state index < -0.39 is 24.9 Å². The van der Waals surface area contributed by atoms with Gasteiger partial charge in [-0.05, 0) is 31.0 Å². The van der Waals surface area contributed by atoms with Crippen LogP contribution in [0.25, 0.3) is 0 Å². The average Bonchev–Trinajstić information content (AvgIpc) is 2.65. The van der Waals surface area contributed by atoms with E-state index in [4.69, 9.17) is 0 Å². The molecule has 0 spiro atoms. The number of alkyl carbamates (subject to hydrolysis) is 1. The van der Waals surface area contributed by atoms with Crippen LogP contribution in [0.15, 0.2) is 54.6 Å². The van der Waals surface area contributed by atoms with E-state index >= 15 is 0 Å². The zero-order chi connectivity index (χ0) is 20.6. The highest BCUT2D eigenvalue weighted by Gasteiger charge is 2.30. The Morgan fingerprint density at radius 2 is 1.68 bits per heavy atom. The molecule has 0 bridgehead atoms. The van der Waals surface area contributed by atoms with Gasteiger partial charge in [0, 0.05) is 12.1 Å². The van der Waals surface area contributed by atoms with Crippen LogP contribution in [0, 0.1) is 6.92 Å². The van der Waals surface area contributed by atoms with Gasteiger partial charge in [-0.25, -0.2) is 4.79 Å². The number of halogens is 3. The van der Waals surface area contributed by atoms with Crippen molar-refractivity contribution in [3.05, 3.63) is 71.3 Å². The lowest BCUT2D eigenvalue weighted by molar-refractivity contribution is -0.160. The van der Waals surface area contributed by atoms with Crippen molar-refractivity contribution in [2.75, 3.05) is 13.2 Å². The molecule has 2 aromatic carbocycles. The highest BCUT2D eigenvalue weighted by Crippen LogP contribution is 2.14. The molecule has 0 aliphatic rings. The Morgan fingerprint density at radius 1 is 1.04 bits per heavy atom. The molecule has 0 fully saturated rings. The van der Waals surface area contributed by atoms with E-state index in [9.17, 15) is 22.8 Å². The van der Waals surface area contributed by atoms with Gasteiger partial charge in [-0.3, -0.25) is 4.79 Å². The fraction of sp³-hybridized carbons (Fsp3) is 0.300. The molecule has 2 amide bonds. The van der Waals surface area contributed by atoms with Crippen LogP contribution in [0.4, 0.5) is 18.0 Å². The number of carbonyl (C=O) groups excluding carboxylic acids is 2. The molecule has 0 saturated heterocycles. The van der Waals surface area contributed by atoms with Crippen LogP contribution in [0.5, 0.6) is 0 Å². The lowest BCUT2D eigenvalue weighted by Crippen LogP contribution is -2.45. The summed E-state index contributed by atoms with van der Waals surface area (Å²) >= 11 is 0. The summed E-state index contributed by atoms with van der Waals surface area (Å²) in [5.41, 5.74) is 2.31. The zero-order valence-electron chi connectivity index (χ0n) is 15.3. The fourth-order valence-corrected chi connectivity index (χ4v) is 2.45. The molecule has 0 radical (unpaired) electrons. The van der Waals surface area contributed by atoms with E-state index in [0.717, 1.165) is 11.1 Å². The molecule has 8 heteroatoms. The molecule has 150 valence electrons. The van der Waals surface area contributed by atoms with Gasteiger partial charge in [-0.2, -0.15) is 13.2 Å². The second-order valence-electron chi connectivity index (χ2n) is 6.30. The van der Waals surface area contributed by atoms with Crippen LogP contribution in [0.1, 0.15) is 21.5 Å². The van der Waals surface area contributed by atoms with Crippen LogP contribution in [0.2, 0.25) is 0 Å². The number of carbonyl (C=O) groups is 2. The van der Waals surface area contributed by atoms with E-state index in [2.05, 4.69) is 15.4 Å². The molecule has 2 N–H and O–H groups in total. The molecule has 0 aliphatic heterocycles. The minimum absolute atomic E-state index is 0.0305. The van der Waals surface area contributed by atoms with E-state index in [-0.39, 0.29) is 12.5 Å². The predicted molar refractivity (Wildman–Crippen MR) is 98.0 cm³/mol. The smallest absolute Gasteiger partial charge is 0.422 e. The Labute approximate surface area is 160 Å². The Kier molecular flexibility index (Phi) is 7.43. The van der Waals surface area contributed by atoms with E-state index in [1.54, 1.807) is 36.4 Å². The van der Waals surface area contributed by atoms with Gasteiger partial charge in [-0.15, -0.1) is 0 Å². The summed E-state index contributed by atoms with van der Waals surface area (Å²) in [6.07, 6.45) is -5.48. The summed E-state index contributed by atoms with van der Waals surface area (Å²) in [6, 6.07) is 15.4. The first-order valence-corrected chi connectivity index (χ1v) is 8.62. The number of aryl methyl sites for hydroxylation is 1. The molecule has 0 aliphatic carbocycles. The number of hydrogen-bond acceptors (Lipinski definition) is 3. The van der Waals surface area contributed by atoms with E-state index in [1.165, 1.54) is 0 Å². The molecule has 0 heterocycles. The molecule has 28 heavy (non-hydrogen) atoms. The third-order valence-electron chi connectivity index (χ3n) is 3.84. The average molecular weight is 394 g/mol. The third kappa shape index (κ3) is 7.69. The number of ether oxygens (including phenoxy) is 1. The molecular formula is C20H21F3N2O3. The first-order valence-electron chi connectivity index (χ1n) is 8.62. The van der Waals surface area contributed by atoms with Gasteiger partial charge in [0.1, 0.15) is 0 Å². The molecule has 0 unspecified atom stereocenters. The van der Waals surface area contributed by atoms with Crippen molar-refractivity contribution in [2.24, 2.45) is 0 Å². The first-order chi connectivity index (χ1) is 13.2. The molecule has 2 rings (SSSR count). The SMILES string of the molecule is Cc1ccc(C(=O)NC[C@H](Cc2ccccc2)NC(=O)OCC(F)(F)F)cc1. The van der Waals surface area contributed by atoms with Gasteiger partial charge < -0.3 is 15.4 Å². The second-order valence-corrected chi connectivity index (χ2v) is 6.30. The quantitative estimate of drug-likeness (QED) is 0.754. The Morgan fingerprint density at radius 3 is 2.29 bits per heavy atom. The maximum absolute atomic E-state index is 12.3. The van der Waals surface area contributed by atoms with Crippen LogP contribution < -0.4 is 10.6 Å². The minimum Gasteiger partial charge on any atom is -0.440 e. The Hall–Kier alpha value is -3.03. The topological polar surface area (TPSA) is 67.4 Å². The summed E-state index contributed by atoms with van der Waals surface area (Å²) in [5.74, 6) is -0.344. The van der Waals surface area contributed by atoms with Gasteiger partial charge >= 0.3 is 12.3 Å². The number of nitrogens with one attached hydrogen (secondary N) is 2. The van der Waals surface area contributed by atoms with Crippen molar-refractivity contribution in [1.82, 2.24) is 10.6 Å². The fourth-order valence-electron chi connectivity index (χ4n) is 2.45. The molecule has 5 nitrogen and oxygen atoms in total. The monoisotopic (exact) mass is 394 g/mol. The summed E-state index contributed by atoms with van der Waals surface area (Å²) < 4.78 is 40.8. The normalized spacial score (nSPS) is 12.1. The lowest BCUT2D eigenvalue weighted by atomic mass is 10.1. The third-order valence-corrected chi connectivity index (χ3v) is 3.84. The standard InChI is InChI=1S/C20H21F3N2O3/c1-14-7-9-16(10-8-14)18(26)24-12-17(11-15-5-3-2-4-6-15)25-19(27)28-13-20(21,22)23/h2-10,17H,11-13H2,1H3,(H,24,26)(H,25,27)/t17-/m0/s1. The van der Waals surface area contributed by atoms with E-state index in [1.807, 2.05) is 25.1 Å². The molecular weight excluding hydrogens is 373 g/mol. The summed E-state index contributed by atoms with van der Waals surface area (Å²) in [4.78, 5) is 23.9. The van der Waals surface area contributed by atoms with Gasteiger partial charge in [0.2, 0.25) is 0 Å². The Bertz CT molecular complexity index is 778. The number of amides is 2. The van der Waals surface area contributed by atoms with Crippen LogP contribution in [0.3, 0.4) is 0 Å². The number of benzene rings is 2. The summed E-state index contributed by atoms with van der Waals surface area (Å²) in [6.45, 7) is 0.253. The first kappa shape index (κ1) is 21.3. The van der Waals surface area contributed by atoms with Gasteiger partial charge in [-0.1, -0.05) is 48.0 Å². The summed E-state index contributed by atoms with van der Waals surface area (Å²) in [5, 5.41) is 5.06. The van der Waals surface area contributed by atoms with Crippen LogP contribution in [-0.2, 0) is 11.2 Å². The van der Waals surface area contributed by atoms with Crippen molar-refractivity contribution in [2.45, 2.75) is 25.6 Å². The minimum atomic E-state index is -4.61. The van der Waals surface area contributed by atoms with Crippen molar-refractivity contribution >= 4 is 12.0 Å². The largest absolute Gasteiger partial charge is 0.440 e. The zero-order valence-corrected chi connectivity index (χ0v) is 15.3. The number of alkyl halides is 3. The maximum Gasteiger partial charge on any atom is 0.422 e. The van der Waals surface area contributed by atoms with Crippen molar-refractivity contribution in [3.8, 4) is 0 Å². The number of hydrogen-bond donors (Lipinski definition) is 2. The van der Waals surface area contributed by atoms with Crippen molar-refractivity contribution in [3.63, 3.8) is 0 Å². The molecule has 1 atom stereocenters. The molecule has 2 aromatic rings. The predicted octanol–water partition coefficient (Wildman–Crippen LogP) is 3.62. The van der Waals surface area contributed by atoms with Crippen LogP contribution >= 0.6 is 0 Å². The number of rotatable bonds is 7. The maximum atomic E-state index is 12.3. The van der Waals surface area contributed by atoms with E-state index in [0.29, 0.717) is 12.0 Å². The van der Waals surface area contributed by atoms with Gasteiger partial charge in [0.25, 0.3) is 5.91 Å². The molecule has 0 saturated carbocycles. The summed E-state index contributed by atoms with van der Waals surface area (Å²) in [7, 11) is 0. The second kappa shape index (κ2) is 9.77.